The largest absolute Gasteiger partial charge is 0.394 e. The van der Waals surface area contributed by atoms with Crippen LogP contribution in [0.2, 0.25) is 0 Å². The SMILES string of the molecule is CCCCCNC(=O)C1N([C@@H](CO)C(C)C)C(=O)[C@@H]2[C@H](C(=O)Nc3ccccc3)[C@H]3OC12CC3Br. The molecule has 3 amide bonds. The van der Waals surface area contributed by atoms with Gasteiger partial charge in [0, 0.05) is 17.1 Å². The van der Waals surface area contributed by atoms with E-state index in [0.29, 0.717) is 18.7 Å². The van der Waals surface area contributed by atoms with Gasteiger partial charge in [0.1, 0.15) is 11.6 Å². The standard InChI is InChI=1S/C26H36BrN3O5/c1-4-5-9-12-28-24(33)22-26-13-17(27)21(35-26)19(23(32)29-16-10-7-6-8-11-16)20(26)25(34)30(22)18(14-31)15(2)3/h6-8,10-11,15,17-22,31H,4-5,9,12-14H2,1-3H3,(H,28,33)(H,29,32)/t17?,18-,19-,20-,21-,22?,26?/m0/s1. The Balaban J connectivity index is 1.69. The van der Waals surface area contributed by atoms with Gasteiger partial charge in [-0.15, -0.1) is 0 Å². The Morgan fingerprint density at radius 2 is 1.94 bits per heavy atom. The second-order valence-corrected chi connectivity index (χ2v) is 11.4. The Hall–Kier alpha value is -1.97. The van der Waals surface area contributed by atoms with E-state index in [1.165, 1.54) is 4.90 Å². The molecule has 0 saturated carbocycles. The number of hydrogen-bond donors (Lipinski definition) is 3. The van der Waals surface area contributed by atoms with Crippen LogP contribution in [0.15, 0.2) is 30.3 Å². The Kier molecular flexibility index (Phi) is 7.88. The predicted octanol–water partition coefficient (Wildman–Crippen LogP) is 2.70. The average molecular weight is 550 g/mol. The number of para-hydroxylation sites is 1. The van der Waals surface area contributed by atoms with E-state index in [1.807, 2.05) is 32.0 Å². The molecule has 2 bridgehead atoms. The minimum absolute atomic E-state index is 0.0804. The van der Waals surface area contributed by atoms with Gasteiger partial charge >= 0.3 is 0 Å². The molecular formula is C26H36BrN3O5. The summed E-state index contributed by atoms with van der Waals surface area (Å²) in [6.07, 6.45) is 2.81. The first-order valence-corrected chi connectivity index (χ1v) is 13.6. The molecule has 1 spiro atoms. The van der Waals surface area contributed by atoms with Gasteiger partial charge in [0.25, 0.3) is 0 Å². The van der Waals surface area contributed by atoms with E-state index in [2.05, 4.69) is 33.5 Å². The molecule has 35 heavy (non-hydrogen) atoms. The molecule has 0 aliphatic carbocycles. The molecule has 3 heterocycles. The fourth-order valence-corrected chi connectivity index (χ4v) is 7.02. The zero-order valence-corrected chi connectivity index (χ0v) is 22.2. The molecule has 3 N–H and O–H groups in total. The smallest absolute Gasteiger partial charge is 0.245 e. The van der Waals surface area contributed by atoms with E-state index in [-0.39, 0.29) is 35.1 Å². The lowest BCUT2D eigenvalue weighted by Crippen LogP contribution is -2.59. The number of carbonyl (C=O) groups excluding carboxylic acids is 3. The normalized spacial score (nSPS) is 32.1. The maximum Gasteiger partial charge on any atom is 0.245 e. The molecule has 3 aliphatic heterocycles. The first-order chi connectivity index (χ1) is 16.8. The van der Waals surface area contributed by atoms with E-state index in [9.17, 15) is 19.5 Å². The van der Waals surface area contributed by atoms with Crippen LogP contribution in [-0.4, -0.2) is 69.5 Å². The number of hydrogen-bond acceptors (Lipinski definition) is 5. The topological polar surface area (TPSA) is 108 Å². The zero-order chi connectivity index (χ0) is 25.3. The number of amides is 3. The second kappa shape index (κ2) is 10.6. The van der Waals surface area contributed by atoms with Gasteiger partial charge in [0.15, 0.2) is 0 Å². The van der Waals surface area contributed by atoms with Crippen LogP contribution in [0.25, 0.3) is 0 Å². The van der Waals surface area contributed by atoms with Crippen LogP contribution in [0.5, 0.6) is 0 Å². The van der Waals surface area contributed by atoms with E-state index < -0.39 is 35.6 Å². The number of anilines is 1. The van der Waals surface area contributed by atoms with Crippen molar-refractivity contribution in [1.29, 1.82) is 0 Å². The Morgan fingerprint density at radius 3 is 2.57 bits per heavy atom. The molecule has 8 nitrogen and oxygen atoms in total. The van der Waals surface area contributed by atoms with Crippen molar-refractivity contribution in [1.82, 2.24) is 10.2 Å². The summed E-state index contributed by atoms with van der Waals surface area (Å²) in [6, 6.07) is 7.66. The van der Waals surface area contributed by atoms with E-state index in [0.717, 1.165) is 19.3 Å². The highest BCUT2D eigenvalue weighted by Crippen LogP contribution is 2.60. The highest BCUT2D eigenvalue weighted by molar-refractivity contribution is 9.09. The molecular weight excluding hydrogens is 514 g/mol. The van der Waals surface area contributed by atoms with E-state index in [1.54, 1.807) is 12.1 Å². The highest BCUT2D eigenvalue weighted by Gasteiger charge is 2.77. The lowest BCUT2D eigenvalue weighted by Gasteiger charge is -2.38. The summed E-state index contributed by atoms with van der Waals surface area (Å²) in [5.41, 5.74) is -0.477. The van der Waals surface area contributed by atoms with Crippen molar-refractivity contribution in [3.05, 3.63) is 30.3 Å². The molecule has 7 atom stereocenters. The number of aliphatic hydroxyl groups excluding tert-OH is 1. The van der Waals surface area contributed by atoms with Crippen molar-refractivity contribution in [2.75, 3.05) is 18.5 Å². The molecule has 3 fully saturated rings. The van der Waals surface area contributed by atoms with Gasteiger partial charge in [-0.3, -0.25) is 14.4 Å². The van der Waals surface area contributed by atoms with Crippen molar-refractivity contribution in [3.8, 4) is 0 Å². The second-order valence-electron chi connectivity index (χ2n) is 10.3. The minimum Gasteiger partial charge on any atom is -0.394 e. The number of alkyl halides is 1. The van der Waals surface area contributed by atoms with Gasteiger partial charge in [0.05, 0.1) is 30.6 Å². The Bertz CT molecular complexity index is 944. The first-order valence-electron chi connectivity index (χ1n) is 12.6. The summed E-state index contributed by atoms with van der Waals surface area (Å²) in [4.78, 5) is 42.5. The monoisotopic (exact) mass is 549 g/mol. The number of carbonyl (C=O) groups is 3. The number of ether oxygens (including phenoxy) is 1. The molecule has 1 aromatic carbocycles. The maximum atomic E-state index is 14.0. The number of aliphatic hydroxyl groups is 1. The molecule has 3 unspecified atom stereocenters. The number of unbranched alkanes of at least 4 members (excludes halogenated alkanes) is 2. The molecule has 192 valence electrons. The highest BCUT2D eigenvalue weighted by atomic mass is 79.9. The number of benzene rings is 1. The molecule has 3 saturated heterocycles. The van der Waals surface area contributed by atoms with Crippen LogP contribution < -0.4 is 10.6 Å². The van der Waals surface area contributed by atoms with Gasteiger partial charge in [-0.2, -0.15) is 0 Å². The lowest BCUT2D eigenvalue weighted by atomic mass is 9.70. The van der Waals surface area contributed by atoms with Crippen LogP contribution in [0.1, 0.15) is 46.5 Å². The fraction of sp³-hybridized carbons (Fsp3) is 0.654. The summed E-state index contributed by atoms with van der Waals surface area (Å²) < 4.78 is 6.49. The number of rotatable bonds is 10. The van der Waals surface area contributed by atoms with Crippen LogP contribution in [0.3, 0.4) is 0 Å². The van der Waals surface area contributed by atoms with Crippen LogP contribution in [-0.2, 0) is 19.1 Å². The summed E-state index contributed by atoms with van der Waals surface area (Å²) in [6.45, 7) is 6.17. The average Bonchev–Trinajstić information content (AvgIpc) is 3.41. The van der Waals surface area contributed by atoms with Crippen LogP contribution in [0.4, 0.5) is 5.69 Å². The van der Waals surface area contributed by atoms with Gasteiger partial charge in [-0.25, -0.2) is 0 Å². The Morgan fingerprint density at radius 1 is 1.23 bits per heavy atom. The number of fused-ring (bicyclic) bond motifs is 1. The first kappa shape index (κ1) is 26.1. The Labute approximate surface area is 215 Å². The molecule has 1 aromatic rings. The number of halogens is 1. The van der Waals surface area contributed by atoms with E-state index in [4.69, 9.17) is 4.74 Å². The fourth-order valence-electron chi connectivity index (χ4n) is 6.07. The molecule has 0 radical (unpaired) electrons. The van der Waals surface area contributed by atoms with Crippen molar-refractivity contribution in [3.63, 3.8) is 0 Å². The van der Waals surface area contributed by atoms with Crippen molar-refractivity contribution in [2.45, 2.75) is 75.1 Å². The molecule has 0 aromatic heterocycles. The van der Waals surface area contributed by atoms with Gasteiger partial charge in [0.2, 0.25) is 17.7 Å². The van der Waals surface area contributed by atoms with Crippen molar-refractivity contribution >= 4 is 39.3 Å². The third-order valence-corrected chi connectivity index (χ3v) is 8.56. The summed E-state index contributed by atoms with van der Waals surface area (Å²) >= 11 is 3.68. The third-order valence-electron chi connectivity index (χ3n) is 7.71. The van der Waals surface area contributed by atoms with Crippen molar-refractivity contribution < 1.29 is 24.2 Å². The number of nitrogens with one attached hydrogen (secondary N) is 2. The lowest BCUT2D eigenvalue weighted by molar-refractivity contribution is -0.146. The summed E-state index contributed by atoms with van der Waals surface area (Å²) in [5.74, 6) is -2.47. The molecule has 3 aliphatic rings. The minimum atomic E-state index is -1.12. The molecule has 4 rings (SSSR count). The maximum absolute atomic E-state index is 14.0. The van der Waals surface area contributed by atoms with Gasteiger partial charge in [-0.1, -0.05) is 67.7 Å². The summed E-state index contributed by atoms with van der Waals surface area (Å²) in [5, 5.41) is 16.2. The third kappa shape index (κ3) is 4.51. The number of likely N-dealkylation sites (tertiary alicyclic amines) is 1. The van der Waals surface area contributed by atoms with Crippen LogP contribution in [0, 0.1) is 17.8 Å². The van der Waals surface area contributed by atoms with Gasteiger partial charge < -0.3 is 25.4 Å². The quantitative estimate of drug-likeness (QED) is 0.307. The summed E-state index contributed by atoms with van der Waals surface area (Å²) in [7, 11) is 0. The molecule has 9 heteroatoms. The van der Waals surface area contributed by atoms with Crippen molar-refractivity contribution in [2.24, 2.45) is 17.8 Å². The predicted molar refractivity (Wildman–Crippen MR) is 136 cm³/mol. The van der Waals surface area contributed by atoms with E-state index >= 15 is 0 Å². The zero-order valence-electron chi connectivity index (χ0n) is 20.6. The van der Waals surface area contributed by atoms with Crippen LogP contribution >= 0.6 is 15.9 Å². The number of nitrogens with zero attached hydrogens (tertiary/aromatic N) is 1. The van der Waals surface area contributed by atoms with Gasteiger partial charge in [-0.05, 0) is 30.9 Å².